The number of piperazine rings is 1. The van der Waals surface area contributed by atoms with E-state index in [0.29, 0.717) is 30.1 Å². The molecule has 1 unspecified atom stereocenters. The van der Waals surface area contributed by atoms with E-state index in [2.05, 4.69) is 20.9 Å². The summed E-state index contributed by atoms with van der Waals surface area (Å²) in [5.74, 6) is 0.573. The van der Waals surface area contributed by atoms with Crippen LogP contribution in [-0.4, -0.2) is 64.7 Å². The molecule has 0 bridgehead atoms. The maximum absolute atomic E-state index is 12.9. The quantitative estimate of drug-likeness (QED) is 0.685. The summed E-state index contributed by atoms with van der Waals surface area (Å²) in [6.07, 6.45) is 2.85. The van der Waals surface area contributed by atoms with Crippen LogP contribution in [0.2, 0.25) is 0 Å². The monoisotopic (exact) mass is 465 g/mol. The number of nitrogens with zero attached hydrogens (tertiary/aromatic N) is 3. The lowest BCUT2D eigenvalue weighted by atomic mass is 10.1. The Bertz CT molecular complexity index is 849. The van der Waals surface area contributed by atoms with Gasteiger partial charge in [-0.3, -0.25) is 9.78 Å². The minimum atomic E-state index is -0.591. The highest BCUT2D eigenvalue weighted by molar-refractivity contribution is 9.10. The van der Waals surface area contributed by atoms with E-state index in [-0.39, 0.29) is 24.3 Å². The van der Waals surface area contributed by atoms with Gasteiger partial charge in [-0.1, -0.05) is 0 Å². The standard InChI is InChI=1S/C20H24BrN3O5/c1-20(2,3)29-19(26)23-9-10-24(18(25)16-6-7-17(21)28-16)14(12-23)13-27-15-5-4-8-22-11-15/h4-8,11,14H,9-10,12-13H2,1-3H3. The maximum Gasteiger partial charge on any atom is 0.410 e. The fourth-order valence-corrected chi connectivity index (χ4v) is 3.26. The Morgan fingerprint density at radius 1 is 1.28 bits per heavy atom. The van der Waals surface area contributed by atoms with Gasteiger partial charge in [-0.05, 0) is 61.0 Å². The lowest BCUT2D eigenvalue weighted by molar-refractivity contribution is -0.00167. The van der Waals surface area contributed by atoms with Crippen molar-refractivity contribution in [1.82, 2.24) is 14.8 Å². The van der Waals surface area contributed by atoms with Crippen molar-refractivity contribution in [2.75, 3.05) is 26.2 Å². The number of hydrogen-bond donors (Lipinski definition) is 0. The number of hydrogen-bond acceptors (Lipinski definition) is 6. The molecule has 1 aliphatic rings. The van der Waals surface area contributed by atoms with Crippen LogP contribution in [0, 0.1) is 0 Å². The highest BCUT2D eigenvalue weighted by Gasteiger charge is 2.36. The van der Waals surface area contributed by atoms with Gasteiger partial charge in [-0.15, -0.1) is 0 Å². The van der Waals surface area contributed by atoms with Crippen molar-refractivity contribution in [1.29, 1.82) is 0 Å². The number of carbonyl (C=O) groups is 2. The average Bonchev–Trinajstić information content (AvgIpc) is 3.11. The minimum Gasteiger partial charge on any atom is -0.490 e. The molecule has 9 heteroatoms. The zero-order valence-corrected chi connectivity index (χ0v) is 18.2. The summed E-state index contributed by atoms with van der Waals surface area (Å²) >= 11 is 3.22. The van der Waals surface area contributed by atoms with Crippen molar-refractivity contribution >= 4 is 27.9 Å². The Morgan fingerprint density at radius 2 is 2.07 bits per heavy atom. The molecule has 0 N–H and O–H groups in total. The summed E-state index contributed by atoms with van der Waals surface area (Å²) in [7, 11) is 0. The lowest BCUT2D eigenvalue weighted by Gasteiger charge is -2.41. The Balaban J connectivity index is 1.74. The first kappa shape index (κ1) is 21.2. The molecule has 1 fully saturated rings. The van der Waals surface area contributed by atoms with Gasteiger partial charge >= 0.3 is 6.09 Å². The SMILES string of the molecule is CC(C)(C)OC(=O)N1CCN(C(=O)c2ccc(Br)o2)C(COc2cccnc2)C1. The number of amides is 2. The molecule has 2 amide bonds. The highest BCUT2D eigenvalue weighted by atomic mass is 79.9. The predicted octanol–water partition coefficient (Wildman–Crippen LogP) is 3.58. The second-order valence-electron chi connectivity index (χ2n) is 7.68. The number of furan rings is 1. The van der Waals surface area contributed by atoms with Crippen LogP contribution in [0.15, 0.2) is 45.7 Å². The van der Waals surface area contributed by atoms with Crippen molar-refractivity contribution in [3.8, 4) is 5.75 Å². The molecule has 156 valence electrons. The van der Waals surface area contributed by atoms with Crippen molar-refractivity contribution < 1.29 is 23.5 Å². The molecular formula is C20H24BrN3O5. The third kappa shape index (κ3) is 5.72. The van der Waals surface area contributed by atoms with Gasteiger partial charge in [0, 0.05) is 25.8 Å². The molecule has 0 spiro atoms. The molecule has 1 saturated heterocycles. The average molecular weight is 466 g/mol. The molecular weight excluding hydrogens is 442 g/mol. The first-order valence-corrected chi connectivity index (χ1v) is 10.1. The molecule has 3 rings (SSSR count). The third-order valence-electron chi connectivity index (χ3n) is 4.26. The summed E-state index contributed by atoms with van der Waals surface area (Å²) in [6, 6.07) is 6.48. The summed E-state index contributed by atoms with van der Waals surface area (Å²) in [5.41, 5.74) is -0.591. The van der Waals surface area contributed by atoms with Gasteiger partial charge in [-0.25, -0.2) is 4.79 Å². The number of rotatable bonds is 4. The number of halogens is 1. The summed E-state index contributed by atoms with van der Waals surface area (Å²) in [4.78, 5) is 32.8. The van der Waals surface area contributed by atoms with Gasteiger partial charge in [0.1, 0.15) is 18.0 Å². The van der Waals surface area contributed by atoms with Gasteiger partial charge in [0.15, 0.2) is 10.4 Å². The highest BCUT2D eigenvalue weighted by Crippen LogP contribution is 2.21. The fraction of sp³-hybridized carbons (Fsp3) is 0.450. The molecule has 29 heavy (non-hydrogen) atoms. The first-order valence-electron chi connectivity index (χ1n) is 9.30. The van der Waals surface area contributed by atoms with Crippen LogP contribution < -0.4 is 4.74 Å². The minimum absolute atomic E-state index is 0.207. The van der Waals surface area contributed by atoms with E-state index in [9.17, 15) is 9.59 Å². The van der Waals surface area contributed by atoms with Crippen LogP contribution in [-0.2, 0) is 4.74 Å². The summed E-state index contributed by atoms with van der Waals surface area (Å²) in [5, 5.41) is 0. The number of carbonyl (C=O) groups excluding carboxylic acids is 2. The van der Waals surface area contributed by atoms with E-state index < -0.39 is 11.7 Å². The summed E-state index contributed by atoms with van der Waals surface area (Å²) in [6.45, 7) is 6.68. The van der Waals surface area contributed by atoms with Crippen LogP contribution in [0.5, 0.6) is 5.75 Å². The van der Waals surface area contributed by atoms with E-state index in [1.807, 2.05) is 20.8 Å². The molecule has 0 aromatic carbocycles. The Labute approximate surface area is 177 Å². The van der Waals surface area contributed by atoms with Gasteiger partial charge in [-0.2, -0.15) is 0 Å². The van der Waals surface area contributed by atoms with Crippen LogP contribution in [0.1, 0.15) is 31.3 Å². The van der Waals surface area contributed by atoms with E-state index in [4.69, 9.17) is 13.9 Å². The second-order valence-corrected chi connectivity index (χ2v) is 8.46. The molecule has 2 aromatic rings. The van der Waals surface area contributed by atoms with Crippen LogP contribution >= 0.6 is 15.9 Å². The topological polar surface area (TPSA) is 85.1 Å². The normalized spacial score (nSPS) is 17.2. The van der Waals surface area contributed by atoms with Crippen molar-refractivity contribution in [3.63, 3.8) is 0 Å². The zero-order valence-electron chi connectivity index (χ0n) is 16.6. The van der Waals surface area contributed by atoms with Crippen LogP contribution in [0.25, 0.3) is 0 Å². The zero-order chi connectivity index (χ0) is 21.0. The molecule has 1 aliphatic heterocycles. The largest absolute Gasteiger partial charge is 0.490 e. The van der Waals surface area contributed by atoms with Crippen LogP contribution in [0.4, 0.5) is 4.79 Å². The fourth-order valence-electron chi connectivity index (χ4n) is 2.95. The smallest absolute Gasteiger partial charge is 0.410 e. The number of aromatic nitrogens is 1. The molecule has 8 nitrogen and oxygen atoms in total. The van der Waals surface area contributed by atoms with Crippen molar-refractivity contribution in [3.05, 3.63) is 47.1 Å². The molecule has 3 heterocycles. The predicted molar refractivity (Wildman–Crippen MR) is 109 cm³/mol. The van der Waals surface area contributed by atoms with E-state index in [1.165, 1.54) is 0 Å². The molecule has 0 aliphatic carbocycles. The van der Waals surface area contributed by atoms with E-state index in [1.54, 1.807) is 46.5 Å². The molecule has 0 saturated carbocycles. The van der Waals surface area contributed by atoms with Gasteiger partial charge in [0.25, 0.3) is 5.91 Å². The van der Waals surface area contributed by atoms with E-state index >= 15 is 0 Å². The van der Waals surface area contributed by atoms with Crippen molar-refractivity contribution in [2.45, 2.75) is 32.4 Å². The van der Waals surface area contributed by atoms with Crippen LogP contribution in [0.3, 0.4) is 0 Å². The molecule has 0 radical (unpaired) electrons. The Hall–Kier alpha value is -2.55. The number of pyridine rings is 1. The number of ether oxygens (including phenoxy) is 2. The maximum atomic E-state index is 12.9. The van der Waals surface area contributed by atoms with Crippen molar-refractivity contribution in [2.24, 2.45) is 0 Å². The Morgan fingerprint density at radius 3 is 2.69 bits per heavy atom. The summed E-state index contributed by atoms with van der Waals surface area (Å²) < 4.78 is 17.2. The van der Waals surface area contributed by atoms with Gasteiger partial charge < -0.3 is 23.7 Å². The van der Waals surface area contributed by atoms with Gasteiger partial charge in [0.2, 0.25) is 0 Å². The lowest BCUT2D eigenvalue weighted by Crippen LogP contribution is -2.59. The second kappa shape index (κ2) is 8.86. The van der Waals surface area contributed by atoms with E-state index in [0.717, 1.165) is 0 Å². The first-order chi connectivity index (χ1) is 13.7. The molecule has 2 aromatic heterocycles. The Kier molecular flexibility index (Phi) is 6.46. The van der Waals surface area contributed by atoms with Gasteiger partial charge in [0.05, 0.1) is 12.2 Å². The molecule has 1 atom stereocenters. The third-order valence-corrected chi connectivity index (χ3v) is 4.68.